The van der Waals surface area contributed by atoms with Crippen LogP contribution < -0.4 is 10.6 Å². The number of hydrogen-bond acceptors (Lipinski definition) is 4. The average molecular weight is 350 g/mol. The lowest BCUT2D eigenvalue weighted by Gasteiger charge is -2.22. The van der Waals surface area contributed by atoms with Gasteiger partial charge in [0.1, 0.15) is 18.7 Å². The van der Waals surface area contributed by atoms with Crippen LogP contribution in [0, 0.1) is 5.92 Å². The number of nitrogens with one attached hydrogen (secondary N) is 2. The predicted octanol–water partition coefficient (Wildman–Crippen LogP) is 2.31. The SMILES string of the molecule is CC[C@H](NC(=O)[C@H](CC(C)C)NC(=O)OCc1ccccc1)C(=O)O. The Morgan fingerprint density at radius 2 is 1.72 bits per heavy atom. The summed E-state index contributed by atoms with van der Waals surface area (Å²) in [5.41, 5.74) is 0.833. The van der Waals surface area contributed by atoms with Crippen molar-refractivity contribution in [3.63, 3.8) is 0 Å². The Morgan fingerprint density at radius 3 is 2.24 bits per heavy atom. The molecular formula is C18H26N2O5. The molecule has 0 fully saturated rings. The van der Waals surface area contributed by atoms with Crippen LogP contribution in [0.4, 0.5) is 4.79 Å². The third kappa shape index (κ3) is 7.69. The fraction of sp³-hybridized carbons (Fsp3) is 0.500. The molecule has 0 aromatic heterocycles. The quantitative estimate of drug-likeness (QED) is 0.634. The van der Waals surface area contributed by atoms with Gasteiger partial charge in [-0.15, -0.1) is 0 Å². The molecule has 7 heteroatoms. The Bertz CT molecular complexity index is 574. The zero-order chi connectivity index (χ0) is 18.8. The van der Waals surface area contributed by atoms with Crippen molar-refractivity contribution < 1.29 is 24.2 Å². The lowest BCUT2D eigenvalue weighted by Crippen LogP contribution is -2.51. The number of carbonyl (C=O) groups excluding carboxylic acids is 2. The third-order valence-corrected chi connectivity index (χ3v) is 3.55. The lowest BCUT2D eigenvalue weighted by molar-refractivity contribution is -0.142. The number of carboxylic acids is 1. The molecule has 1 aromatic rings. The highest BCUT2D eigenvalue weighted by Crippen LogP contribution is 2.07. The first-order valence-corrected chi connectivity index (χ1v) is 8.33. The zero-order valence-corrected chi connectivity index (χ0v) is 14.8. The molecule has 0 aliphatic carbocycles. The normalized spacial score (nSPS) is 13.0. The number of alkyl carbamates (subject to hydrolysis) is 1. The Hall–Kier alpha value is -2.57. The van der Waals surface area contributed by atoms with Crippen molar-refractivity contribution in [2.75, 3.05) is 0 Å². The first-order chi connectivity index (χ1) is 11.8. The molecule has 3 N–H and O–H groups in total. The van der Waals surface area contributed by atoms with Crippen molar-refractivity contribution in [2.45, 2.75) is 52.3 Å². The van der Waals surface area contributed by atoms with E-state index in [1.54, 1.807) is 6.92 Å². The van der Waals surface area contributed by atoms with Gasteiger partial charge in [0.25, 0.3) is 0 Å². The maximum Gasteiger partial charge on any atom is 0.408 e. The number of amides is 2. The first kappa shape index (κ1) is 20.5. The van der Waals surface area contributed by atoms with Crippen LogP contribution in [0.2, 0.25) is 0 Å². The minimum absolute atomic E-state index is 0.0927. The summed E-state index contributed by atoms with van der Waals surface area (Å²) in [5, 5.41) is 14.0. The Labute approximate surface area is 147 Å². The van der Waals surface area contributed by atoms with Crippen LogP contribution in [0.15, 0.2) is 30.3 Å². The van der Waals surface area contributed by atoms with E-state index in [1.807, 2.05) is 44.2 Å². The highest BCUT2D eigenvalue weighted by atomic mass is 16.5. The summed E-state index contributed by atoms with van der Waals surface area (Å²) in [6.07, 6.45) is -0.0796. The molecular weight excluding hydrogens is 324 g/mol. The van der Waals surface area contributed by atoms with Crippen LogP contribution in [-0.4, -0.2) is 35.2 Å². The van der Waals surface area contributed by atoms with Gasteiger partial charge in [-0.25, -0.2) is 9.59 Å². The van der Waals surface area contributed by atoms with Crippen molar-refractivity contribution >= 4 is 18.0 Å². The second-order valence-electron chi connectivity index (χ2n) is 6.20. The number of aliphatic carboxylic acids is 1. The predicted molar refractivity (Wildman–Crippen MR) is 92.9 cm³/mol. The molecule has 0 heterocycles. The summed E-state index contributed by atoms with van der Waals surface area (Å²) in [7, 11) is 0. The van der Waals surface area contributed by atoms with E-state index in [2.05, 4.69) is 10.6 Å². The zero-order valence-electron chi connectivity index (χ0n) is 14.8. The largest absolute Gasteiger partial charge is 0.480 e. The van der Waals surface area contributed by atoms with E-state index in [1.165, 1.54) is 0 Å². The maximum atomic E-state index is 12.3. The highest BCUT2D eigenvalue weighted by molar-refractivity contribution is 5.89. The van der Waals surface area contributed by atoms with Crippen molar-refractivity contribution in [1.29, 1.82) is 0 Å². The fourth-order valence-electron chi connectivity index (χ4n) is 2.22. The second kappa shape index (κ2) is 10.3. The van der Waals surface area contributed by atoms with Crippen LogP contribution >= 0.6 is 0 Å². The Balaban J connectivity index is 2.63. The van der Waals surface area contributed by atoms with Gasteiger partial charge in [0.2, 0.25) is 5.91 Å². The van der Waals surface area contributed by atoms with E-state index in [-0.39, 0.29) is 18.9 Å². The molecule has 0 aliphatic rings. The van der Waals surface area contributed by atoms with Gasteiger partial charge in [-0.3, -0.25) is 4.79 Å². The van der Waals surface area contributed by atoms with Gasteiger partial charge in [0.15, 0.2) is 0 Å². The summed E-state index contributed by atoms with van der Waals surface area (Å²) in [6, 6.07) is 7.35. The van der Waals surface area contributed by atoms with Crippen LogP contribution in [0.5, 0.6) is 0 Å². The maximum absolute atomic E-state index is 12.3. The molecule has 7 nitrogen and oxygen atoms in total. The molecule has 2 atom stereocenters. The van der Waals surface area contributed by atoms with E-state index in [0.717, 1.165) is 5.56 Å². The van der Waals surface area contributed by atoms with Crippen LogP contribution in [0.1, 0.15) is 39.2 Å². The van der Waals surface area contributed by atoms with Gasteiger partial charge >= 0.3 is 12.1 Å². The minimum Gasteiger partial charge on any atom is -0.480 e. The summed E-state index contributed by atoms with van der Waals surface area (Å²) >= 11 is 0. The number of ether oxygens (including phenoxy) is 1. The molecule has 0 unspecified atom stereocenters. The molecule has 0 saturated carbocycles. The fourth-order valence-corrected chi connectivity index (χ4v) is 2.22. The molecule has 0 saturated heterocycles. The summed E-state index contributed by atoms with van der Waals surface area (Å²) in [6.45, 7) is 5.57. The molecule has 138 valence electrons. The van der Waals surface area contributed by atoms with Gasteiger partial charge in [-0.1, -0.05) is 51.1 Å². The van der Waals surface area contributed by atoms with E-state index in [9.17, 15) is 14.4 Å². The van der Waals surface area contributed by atoms with E-state index < -0.39 is 30.1 Å². The number of hydrogen-bond donors (Lipinski definition) is 3. The molecule has 0 bridgehead atoms. The molecule has 25 heavy (non-hydrogen) atoms. The number of benzene rings is 1. The van der Waals surface area contributed by atoms with E-state index in [4.69, 9.17) is 9.84 Å². The standard InChI is InChI=1S/C18H26N2O5/c1-4-14(17(22)23)19-16(21)15(10-12(2)3)20-18(24)25-11-13-8-6-5-7-9-13/h5-9,12,14-15H,4,10-11H2,1-3H3,(H,19,21)(H,20,24)(H,22,23)/t14-,15-/m0/s1. The molecule has 0 spiro atoms. The number of rotatable bonds is 9. The van der Waals surface area contributed by atoms with Gasteiger partial charge in [-0.05, 0) is 24.3 Å². The highest BCUT2D eigenvalue weighted by Gasteiger charge is 2.26. The summed E-state index contributed by atoms with van der Waals surface area (Å²) in [4.78, 5) is 35.4. The third-order valence-electron chi connectivity index (χ3n) is 3.55. The first-order valence-electron chi connectivity index (χ1n) is 8.33. The van der Waals surface area contributed by atoms with E-state index >= 15 is 0 Å². The second-order valence-corrected chi connectivity index (χ2v) is 6.20. The van der Waals surface area contributed by atoms with Crippen LogP contribution in [-0.2, 0) is 20.9 Å². The van der Waals surface area contributed by atoms with Crippen molar-refractivity contribution in [3.8, 4) is 0 Å². The van der Waals surface area contributed by atoms with Crippen molar-refractivity contribution in [1.82, 2.24) is 10.6 Å². The molecule has 2 amide bonds. The van der Waals surface area contributed by atoms with Gasteiger partial charge in [0.05, 0.1) is 0 Å². The minimum atomic E-state index is -1.11. The lowest BCUT2D eigenvalue weighted by atomic mass is 10.0. The number of carboxylic acid groups (broad SMARTS) is 1. The molecule has 1 aromatic carbocycles. The van der Waals surface area contributed by atoms with Crippen LogP contribution in [0.25, 0.3) is 0 Å². The topological polar surface area (TPSA) is 105 Å². The van der Waals surface area contributed by atoms with Gasteiger partial charge in [-0.2, -0.15) is 0 Å². The van der Waals surface area contributed by atoms with Crippen molar-refractivity contribution in [2.24, 2.45) is 5.92 Å². The Kier molecular flexibility index (Phi) is 8.46. The van der Waals surface area contributed by atoms with E-state index in [0.29, 0.717) is 6.42 Å². The Morgan fingerprint density at radius 1 is 1.08 bits per heavy atom. The monoisotopic (exact) mass is 350 g/mol. The smallest absolute Gasteiger partial charge is 0.408 e. The van der Waals surface area contributed by atoms with Gasteiger partial charge in [0, 0.05) is 0 Å². The molecule has 0 aliphatic heterocycles. The molecule has 0 radical (unpaired) electrons. The van der Waals surface area contributed by atoms with Gasteiger partial charge < -0.3 is 20.5 Å². The van der Waals surface area contributed by atoms with Crippen molar-refractivity contribution in [3.05, 3.63) is 35.9 Å². The average Bonchev–Trinajstić information content (AvgIpc) is 2.57. The summed E-state index contributed by atoms with van der Waals surface area (Å²) < 4.78 is 5.12. The number of carbonyl (C=O) groups is 3. The van der Waals surface area contributed by atoms with Crippen LogP contribution in [0.3, 0.4) is 0 Å². The molecule has 1 rings (SSSR count). The summed E-state index contributed by atoms with van der Waals surface area (Å²) in [5.74, 6) is -1.50.